The number of fused-ring (bicyclic) bond motifs is 1. The van der Waals surface area contributed by atoms with E-state index in [4.69, 9.17) is 4.98 Å². The lowest BCUT2D eigenvalue weighted by Crippen LogP contribution is -2.05. The van der Waals surface area contributed by atoms with Crippen molar-refractivity contribution in [2.24, 2.45) is 0 Å². The van der Waals surface area contributed by atoms with Crippen molar-refractivity contribution in [2.75, 3.05) is 0 Å². The molecule has 0 fully saturated rings. The van der Waals surface area contributed by atoms with Crippen LogP contribution >= 0.6 is 0 Å². The first kappa shape index (κ1) is 15.5. The maximum absolute atomic E-state index is 13.3. The maximum atomic E-state index is 13.3. The number of aliphatic hydroxyl groups excluding tert-OH is 1. The third-order valence-electron chi connectivity index (χ3n) is 4.28. The average Bonchev–Trinajstić information content (AvgIpc) is 2.68. The standard InChI is InChI=1S/C22H16FNO/c23-18-12-10-15(11-13-18)19-14-17-8-4-5-9-20(17)24-21(19)22(25)16-6-2-1-3-7-16/h1-14,22,25H. The van der Waals surface area contributed by atoms with Gasteiger partial charge in [-0.25, -0.2) is 9.37 Å². The average molecular weight is 329 g/mol. The Morgan fingerprint density at radius 3 is 2.24 bits per heavy atom. The predicted molar refractivity (Wildman–Crippen MR) is 97.6 cm³/mol. The van der Waals surface area contributed by atoms with Crippen LogP contribution in [0.15, 0.2) is 84.9 Å². The summed E-state index contributed by atoms with van der Waals surface area (Å²) in [6.45, 7) is 0. The highest BCUT2D eigenvalue weighted by Gasteiger charge is 2.18. The number of para-hydroxylation sites is 1. The smallest absolute Gasteiger partial charge is 0.123 e. The van der Waals surface area contributed by atoms with Gasteiger partial charge in [0.05, 0.1) is 11.2 Å². The Morgan fingerprint density at radius 2 is 1.48 bits per heavy atom. The minimum absolute atomic E-state index is 0.289. The first-order valence-electron chi connectivity index (χ1n) is 8.11. The lowest BCUT2D eigenvalue weighted by atomic mass is 9.95. The first-order chi connectivity index (χ1) is 12.2. The molecule has 0 bridgehead atoms. The van der Waals surface area contributed by atoms with E-state index in [9.17, 15) is 9.50 Å². The largest absolute Gasteiger partial charge is 0.382 e. The van der Waals surface area contributed by atoms with Crippen molar-refractivity contribution in [3.63, 3.8) is 0 Å². The number of halogens is 1. The Labute approximate surface area is 145 Å². The van der Waals surface area contributed by atoms with Crippen molar-refractivity contribution in [2.45, 2.75) is 6.10 Å². The lowest BCUT2D eigenvalue weighted by molar-refractivity contribution is 0.216. The van der Waals surface area contributed by atoms with Crippen molar-refractivity contribution < 1.29 is 9.50 Å². The van der Waals surface area contributed by atoms with Gasteiger partial charge in [0.15, 0.2) is 0 Å². The van der Waals surface area contributed by atoms with E-state index in [1.165, 1.54) is 12.1 Å². The third-order valence-corrected chi connectivity index (χ3v) is 4.28. The van der Waals surface area contributed by atoms with E-state index in [0.29, 0.717) is 5.69 Å². The normalized spacial score (nSPS) is 12.2. The van der Waals surface area contributed by atoms with Crippen molar-refractivity contribution in [1.82, 2.24) is 4.98 Å². The number of hydrogen-bond donors (Lipinski definition) is 1. The molecule has 25 heavy (non-hydrogen) atoms. The first-order valence-corrected chi connectivity index (χ1v) is 8.11. The summed E-state index contributed by atoms with van der Waals surface area (Å²) in [6.07, 6.45) is -0.856. The van der Waals surface area contributed by atoms with Crippen LogP contribution in [0.3, 0.4) is 0 Å². The molecule has 1 heterocycles. The summed E-state index contributed by atoms with van der Waals surface area (Å²) in [5.74, 6) is -0.289. The summed E-state index contributed by atoms with van der Waals surface area (Å²) in [5, 5.41) is 11.9. The Balaban J connectivity index is 1.94. The topological polar surface area (TPSA) is 33.1 Å². The number of aliphatic hydroxyl groups is 1. The van der Waals surface area contributed by atoms with Crippen molar-refractivity contribution in [3.05, 3.63) is 102 Å². The Hall–Kier alpha value is -3.04. The van der Waals surface area contributed by atoms with Crippen LogP contribution < -0.4 is 0 Å². The molecule has 0 amide bonds. The summed E-state index contributed by atoms with van der Waals surface area (Å²) in [5.41, 5.74) is 3.78. The fourth-order valence-corrected chi connectivity index (χ4v) is 2.99. The number of aromatic nitrogens is 1. The second-order valence-electron chi connectivity index (χ2n) is 5.93. The highest BCUT2D eigenvalue weighted by atomic mass is 19.1. The third kappa shape index (κ3) is 3.02. The fourth-order valence-electron chi connectivity index (χ4n) is 2.99. The molecule has 4 rings (SSSR count). The molecule has 2 nitrogen and oxygen atoms in total. The van der Waals surface area contributed by atoms with Gasteiger partial charge in [-0.15, -0.1) is 0 Å². The zero-order chi connectivity index (χ0) is 17.2. The second-order valence-corrected chi connectivity index (χ2v) is 5.93. The quantitative estimate of drug-likeness (QED) is 0.566. The molecule has 0 saturated carbocycles. The summed E-state index contributed by atoms with van der Waals surface area (Å²) in [4.78, 5) is 4.71. The predicted octanol–water partition coefficient (Wildman–Crippen LogP) is 5.12. The van der Waals surface area contributed by atoms with Gasteiger partial charge in [-0.2, -0.15) is 0 Å². The SMILES string of the molecule is OC(c1ccccc1)c1nc2ccccc2cc1-c1ccc(F)cc1. The van der Waals surface area contributed by atoms with Gasteiger partial charge in [0, 0.05) is 10.9 Å². The summed E-state index contributed by atoms with van der Waals surface area (Å²) < 4.78 is 13.3. The van der Waals surface area contributed by atoms with Gasteiger partial charge in [-0.3, -0.25) is 0 Å². The van der Waals surface area contributed by atoms with Gasteiger partial charge in [0.2, 0.25) is 0 Å². The Bertz CT molecular complexity index is 1010. The summed E-state index contributed by atoms with van der Waals surface area (Å²) >= 11 is 0. The lowest BCUT2D eigenvalue weighted by Gasteiger charge is -2.16. The summed E-state index contributed by atoms with van der Waals surface area (Å²) in [7, 11) is 0. The number of pyridine rings is 1. The molecule has 0 aliphatic carbocycles. The summed E-state index contributed by atoms with van der Waals surface area (Å²) in [6, 6.07) is 25.5. The molecular formula is C22H16FNO. The number of hydrogen-bond acceptors (Lipinski definition) is 2. The number of rotatable bonds is 3. The number of nitrogens with zero attached hydrogens (tertiary/aromatic N) is 1. The zero-order valence-electron chi connectivity index (χ0n) is 13.4. The maximum Gasteiger partial charge on any atom is 0.123 e. The van der Waals surface area contributed by atoms with Gasteiger partial charge in [0.1, 0.15) is 11.9 Å². The molecule has 0 spiro atoms. The van der Waals surface area contributed by atoms with Gasteiger partial charge in [-0.05, 0) is 35.4 Å². The minimum Gasteiger partial charge on any atom is -0.382 e. The van der Waals surface area contributed by atoms with Gasteiger partial charge < -0.3 is 5.11 Å². The molecule has 4 aromatic rings. The van der Waals surface area contributed by atoms with Crippen LogP contribution in [-0.4, -0.2) is 10.1 Å². The van der Waals surface area contributed by atoms with E-state index in [0.717, 1.165) is 27.6 Å². The van der Waals surface area contributed by atoms with Crippen LogP contribution in [0.1, 0.15) is 17.4 Å². The van der Waals surface area contributed by atoms with Crippen LogP contribution in [0.2, 0.25) is 0 Å². The fraction of sp³-hybridized carbons (Fsp3) is 0.0455. The molecule has 1 atom stereocenters. The van der Waals surface area contributed by atoms with Gasteiger partial charge in [0.25, 0.3) is 0 Å². The molecule has 0 saturated heterocycles. The van der Waals surface area contributed by atoms with Crippen molar-refractivity contribution >= 4 is 10.9 Å². The van der Waals surface area contributed by atoms with E-state index in [1.807, 2.05) is 60.7 Å². The van der Waals surface area contributed by atoms with Crippen LogP contribution in [0.5, 0.6) is 0 Å². The highest BCUT2D eigenvalue weighted by molar-refractivity contribution is 5.85. The molecule has 122 valence electrons. The van der Waals surface area contributed by atoms with E-state index in [1.54, 1.807) is 12.1 Å². The minimum atomic E-state index is -0.856. The van der Waals surface area contributed by atoms with Crippen LogP contribution in [0, 0.1) is 5.82 Å². The molecule has 1 aromatic heterocycles. The molecule has 1 N–H and O–H groups in total. The molecule has 1 unspecified atom stereocenters. The molecule has 0 aliphatic rings. The highest BCUT2D eigenvalue weighted by Crippen LogP contribution is 2.33. The van der Waals surface area contributed by atoms with Crippen LogP contribution in [0.25, 0.3) is 22.0 Å². The Kier molecular flexibility index (Phi) is 4.00. The van der Waals surface area contributed by atoms with Gasteiger partial charge in [-0.1, -0.05) is 60.7 Å². The number of benzene rings is 3. The van der Waals surface area contributed by atoms with Crippen LogP contribution in [-0.2, 0) is 0 Å². The second kappa shape index (κ2) is 6.46. The van der Waals surface area contributed by atoms with Gasteiger partial charge >= 0.3 is 0 Å². The molecular weight excluding hydrogens is 313 g/mol. The molecule has 3 aromatic carbocycles. The zero-order valence-corrected chi connectivity index (χ0v) is 13.4. The van der Waals surface area contributed by atoms with E-state index < -0.39 is 6.10 Å². The van der Waals surface area contributed by atoms with Crippen molar-refractivity contribution in [3.8, 4) is 11.1 Å². The van der Waals surface area contributed by atoms with Crippen molar-refractivity contribution in [1.29, 1.82) is 0 Å². The van der Waals surface area contributed by atoms with E-state index in [2.05, 4.69) is 0 Å². The van der Waals surface area contributed by atoms with E-state index >= 15 is 0 Å². The van der Waals surface area contributed by atoms with E-state index in [-0.39, 0.29) is 5.82 Å². The molecule has 0 radical (unpaired) electrons. The molecule has 0 aliphatic heterocycles. The van der Waals surface area contributed by atoms with Crippen LogP contribution in [0.4, 0.5) is 4.39 Å². The molecule has 3 heteroatoms. The Morgan fingerprint density at radius 1 is 0.800 bits per heavy atom. The monoisotopic (exact) mass is 329 g/mol.